The molecule has 21 heavy (non-hydrogen) atoms. The summed E-state index contributed by atoms with van der Waals surface area (Å²) in [6.07, 6.45) is 7.29. The lowest BCUT2D eigenvalue weighted by Gasteiger charge is -2.65. The monoisotopic (exact) mass is 310 g/mol. The van der Waals surface area contributed by atoms with Gasteiger partial charge in [0.15, 0.2) is 8.32 Å². The number of hydrogen-bond donors (Lipinski definition) is 0. The molecule has 0 unspecified atom stereocenters. The van der Waals surface area contributed by atoms with Crippen LogP contribution < -0.4 is 0 Å². The number of carbonyl (C=O) groups excluding carboxylic acids is 1. The van der Waals surface area contributed by atoms with E-state index in [2.05, 4.69) is 39.6 Å². The third-order valence-corrected chi connectivity index (χ3v) is 6.36. The number of rotatable bonds is 5. The topological polar surface area (TPSA) is 35.5 Å². The summed E-state index contributed by atoms with van der Waals surface area (Å²) in [6.45, 7) is 13.6. The zero-order valence-electron chi connectivity index (χ0n) is 14.4. The number of esters is 1. The molecule has 3 aliphatic rings. The van der Waals surface area contributed by atoms with Crippen molar-refractivity contribution in [2.24, 2.45) is 17.3 Å². The Labute approximate surface area is 130 Å². The van der Waals surface area contributed by atoms with E-state index in [0.717, 1.165) is 6.42 Å². The highest BCUT2D eigenvalue weighted by Crippen LogP contribution is 2.65. The van der Waals surface area contributed by atoms with E-state index in [9.17, 15) is 4.79 Å². The summed E-state index contributed by atoms with van der Waals surface area (Å²) in [6, 6.07) is 0. The molecular formula is C17H30O3Si. The SMILES string of the molecule is CCOC(=O)/C=C/[C@@]1(C)[C@H]2CC[C@@](C)(O[Si](C)(C)C)[C@@H]1C2. The van der Waals surface area contributed by atoms with E-state index in [4.69, 9.17) is 9.16 Å². The first-order valence-corrected chi connectivity index (χ1v) is 11.6. The van der Waals surface area contributed by atoms with E-state index in [1.807, 2.05) is 6.92 Å². The first kappa shape index (κ1) is 16.8. The van der Waals surface area contributed by atoms with Crippen LogP contribution in [0.3, 0.4) is 0 Å². The Hall–Kier alpha value is -0.613. The third-order valence-electron chi connectivity index (χ3n) is 5.28. The van der Waals surface area contributed by atoms with Crippen molar-refractivity contribution >= 4 is 14.3 Å². The molecular weight excluding hydrogens is 280 g/mol. The highest BCUT2D eigenvalue weighted by atomic mass is 28.4. The van der Waals surface area contributed by atoms with Crippen molar-refractivity contribution in [3.8, 4) is 0 Å². The zero-order chi connectivity index (χ0) is 15.9. The molecule has 2 bridgehead atoms. The van der Waals surface area contributed by atoms with Crippen LogP contribution >= 0.6 is 0 Å². The summed E-state index contributed by atoms with van der Waals surface area (Å²) in [5, 5.41) is 0. The molecule has 3 nitrogen and oxygen atoms in total. The number of allylic oxidation sites excluding steroid dienone is 1. The van der Waals surface area contributed by atoms with Crippen molar-refractivity contribution in [1.82, 2.24) is 0 Å². The average molecular weight is 311 g/mol. The fraction of sp³-hybridized carbons (Fsp3) is 0.824. The lowest BCUT2D eigenvalue weighted by molar-refractivity contribution is -0.170. The Kier molecular flexibility index (Phi) is 4.42. The lowest BCUT2D eigenvalue weighted by atomic mass is 9.43. The van der Waals surface area contributed by atoms with Crippen molar-refractivity contribution in [2.75, 3.05) is 6.61 Å². The van der Waals surface area contributed by atoms with Crippen LogP contribution in [0.1, 0.15) is 40.0 Å². The number of hydrogen-bond acceptors (Lipinski definition) is 3. The molecule has 0 aromatic rings. The molecule has 3 rings (SSSR count). The quantitative estimate of drug-likeness (QED) is 0.435. The Balaban J connectivity index is 2.14. The molecule has 0 amide bonds. The van der Waals surface area contributed by atoms with Gasteiger partial charge < -0.3 is 9.16 Å². The molecule has 0 saturated heterocycles. The first-order chi connectivity index (χ1) is 9.61. The van der Waals surface area contributed by atoms with Crippen molar-refractivity contribution in [3.63, 3.8) is 0 Å². The molecule has 4 heteroatoms. The van der Waals surface area contributed by atoms with Crippen LogP contribution in [0, 0.1) is 17.3 Å². The predicted molar refractivity (Wildman–Crippen MR) is 87.5 cm³/mol. The van der Waals surface area contributed by atoms with Gasteiger partial charge in [0.25, 0.3) is 0 Å². The van der Waals surface area contributed by atoms with Crippen molar-refractivity contribution in [1.29, 1.82) is 0 Å². The van der Waals surface area contributed by atoms with E-state index in [1.54, 1.807) is 6.08 Å². The summed E-state index contributed by atoms with van der Waals surface area (Å²) in [5.41, 5.74) is 0.0480. The average Bonchev–Trinajstić information content (AvgIpc) is 2.32. The maximum Gasteiger partial charge on any atom is 0.330 e. The molecule has 3 aliphatic carbocycles. The molecule has 0 spiro atoms. The van der Waals surface area contributed by atoms with Crippen LogP contribution in [0.25, 0.3) is 0 Å². The minimum Gasteiger partial charge on any atom is -0.463 e. The minimum atomic E-state index is -1.57. The van der Waals surface area contributed by atoms with Crippen LogP contribution in [0.2, 0.25) is 19.6 Å². The molecule has 120 valence electrons. The van der Waals surface area contributed by atoms with E-state index in [0.29, 0.717) is 18.4 Å². The second kappa shape index (κ2) is 5.54. The van der Waals surface area contributed by atoms with Gasteiger partial charge in [-0.05, 0) is 70.0 Å². The molecule has 0 heterocycles. The Morgan fingerprint density at radius 3 is 2.52 bits per heavy atom. The van der Waals surface area contributed by atoms with E-state index in [-0.39, 0.29) is 17.0 Å². The van der Waals surface area contributed by atoms with Crippen LogP contribution in [0.15, 0.2) is 12.2 Å². The number of ether oxygens (including phenoxy) is 1. The van der Waals surface area contributed by atoms with Gasteiger partial charge in [0.2, 0.25) is 0 Å². The van der Waals surface area contributed by atoms with Gasteiger partial charge in [0.1, 0.15) is 0 Å². The van der Waals surface area contributed by atoms with Gasteiger partial charge in [0.05, 0.1) is 12.2 Å². The van der Waals surface area contributed by atoms with Gasteiger partial charge in [0, 0.05) is 6.08 Å². The Bertz CT molecular complexity index is 438. The largest absolute Gasteiger partial charge is 0.463 e. The number of carbonyl (C=O) groups is 1. The smallest absolute Gasteiger partial charge is 0.330 e. The van der Waals surface area contributed by atoms with Crippen LogP contribution in [0.5, 0.6) is 0 Å². The van der Waals surface area contributed by atoms with Gasteiger partial charge in [-0.15, -0.1) is 0 Å². The first-order valence-electron chi connectivity index (χ1n) is 8.17. The standard InChI is InChI=1S/C17H30O3Si/c1-7-19-15(18)9-10-16(2)13-8-11-17(3,14(16)12-13)20-21(4,5)6/h9-10,13-14H,7-8,11-12H2,1-6H3/b10-9+/t13-,14+,16-,17+/m0/s1. The van der Waals surface area contributed by atoms with E-state index < -0.39 is 8.32 Å². The lowest BCUT2D eigenvalue weighted by Crippen LogP contribution is -2.63. The summed E-state index contributed by atoms with van der Waals surface area (Å²) < 4.78 is 11.6. The van der Waals surface area contributed by atoms with Gasteiger partial charge in [-0.25, -0.2) is 4.79 Å². The fourth-order valence-electron chi connectivity index (χ4n) is 4.40. The van der Waals surface area contributed by atoms with Crippen LogP contribution in [0.4, 0.5) is 0 Å². The van der Waals surface area contributed by atoms with Crippen molar-refractivity contribution in [3.05, 3.63) is 12.2 Å². The van der Waals surface area contributed by atoms with Crippen molar-refractivity contribution in [2.45, 2.75) is 65.3 Å². The predicted octanol–water partition coefficient (Wildman–Crippen LogP) is 4.15. The Morgan fingerprint density at radius 2 is 2.00 bits per heavy atom. The second-order valence-corrected chi connectivity index (χ2v) is 12.4. The highest BCUT2D eigenvalue weighted by Gasteiger charge is 2.61. The second-order valence-electron chi connectivity index (χ2n) is 8.00. The van der Waals surface area contributed by atoms with Gasteiger partial charge in [-0.2, -0.15) is 0 Å². The molecule has 3 fully saturated rings. The summed E-state index contributed by atoms with van der Waals surface area (Å²) in [5.74, 6) is 0.976. The van der Waals surface area contributed by atoms with Gasteiger partial charge in [-0.3, -0.25) is 0 Å². The van der Waals surface area contributed by atoms with E-state index in [1.165, 1.54) is 12.8 Å². The maximum absolute atomic E-state index is 11.6. The molecule has 0 aromatic carbocycles. The van der Waals surface area contributed by atoms with Gasteiger partial charge in [-0.1, -0.05) is 13.0 Å². The number of fused-ring (bicyclic) bond motifs is 2. The maximum atomic E-state index is 11.6. The van der Waals surface area contributed by atoms with Crippen LogP contribution in [-0.4, -0.2) is 26.5 Å². The molecule has 0 radical (unpaired) electrons. The zero-order valence-corrected chi connectivity index (χ0v) is 15.4. The molecule has 0 aromatic heterocycles. The highest BCUT2D eigenvalue weighted by molar-refractivity contribution is 6.69. The normalized spacial score (nSPS) is 39.1. The molecule has 4 atom stereocenters. The summed E-state index contributed by atoms with van der Waals surface area (Å²) in [4.78, 5) is 11.6. The van der Waals surface area contributed by atoms with Gasteiger partial charge >= 0.3 is 5.97 Å². The fourth-order valence-corrected chi connectivity index (χ4v) is 6.04. The van der Waals surface area contributed by atoms with Crippen molar-refractivity contribution < 1.29 is 14.0 Å². The molecule has 0 aliphatic heterocycles. The minimum absolute atomic E-state index is 0.0347. The van der Waals surface area contributed by atoms with Crippen LogP contribution in [-0.2, 0) is 14.0 Å². The summed E-state index contributed by atoms with van der Waals surface area (Å²) >= 11 is 0. The summed E-state index contributed by atoms with van der Waals surface area (Å²) in [7, 11) is -1.57. The van der Waals surface area contributed by atoms with E-state index >= 15 is 0 Å². The third kappa shape index (κ3) is 3.26. The molecule has 0 N–H and O–H groups in total. The molecule has 3 saturated carbocycles. The Morgan fingerprint density at radius 1 is 1.33 bits per heavy atom.